The Morgan fingerprint density at radius 3 is 2.39 bits per heavy atom. The molecule has 0 spiro atoms. The van der Waals surface area contributed by atoms with E-state index in [-0.39, 0.29) is 0 Å². The molecule has 2 aromatic rings. The first-order valence-electron chi connectivity index (χ1n) is 9.37. The highest BCUT2D eigenvalue weighted by molar-refractivity contribution is 5.81. The first-order chi connectivity index (χ1) is 13.5. The maximum atomic E-state index is 11.8. The Kier molecular flexibility index (Phi) is 6.21. The number of carbonyl (C=O) groups excluding carboxylic acids is 1. The van der Waals surface area contributed by atoms with Crippen LogP contribution in [0.4, 0.5) is 0 Å². The molecule has 0 amide bonds. The summed E-state index contributed by atoms with van der Waals surface area (Å²) in [7, 11) is 6.81. The van der Waals surface area contributed by atoms with Crippen LogP contribution in [-0.2, 0) is 28.9 Å². The van der Waals surface area contributed by atoms with Crippen molar-refractivity contribution in [3.8, 4) is 22.6 Å². The van der Waals surface area contributed by atoms with E-state index in [0.29, 0.717) is 6.42 Å². The van der Waals surface area contributed by atoms with Crippen molar-refractivity contribution in [1.29, 1.82) is 0 Å². The zero-order valence-electron chi connectivity index (χ0n) is 17.0. The largest absolute Gasteiger partial charge is 0.496 e. The Morgan fingerprint density at radius 2 is 1.79 bits per heavy atom. The predicted octanol–water partition coefficient (Wildman–Crippen LogP) is 2.40. The Morgan fingerprint density at radius 1 is 1.11 bits per heavy atom. The van der Waals surface area contributed by atoms with Crippen molar-refractivity contribution in [3.63, 3.8) is 0 Å². The second-order valence-corrected chi connectivity index (χ2v) is 7.09. The number of hydrogen-bond acceptors (Lipinski definition) is 6. The molecule has 6 nitrogen and oxygen atoms in total. The number of nitrogens with zero attached hydrogens (tertiary/aromatic N) is 1. The summed E-state index contributed by atoms with van der Waals surface area (Å²) in [5, 5.41) is 0. The average Bonchev–Trinajstić information content (AvgIpc) is 2.72. The molecule has 1 heterocycles. The average molecular weight is 384 g/mol. The van der Waals surface area contributed by atoms with Gasteiger partial charge in [-0.25, -0.2) is 0 Å². The third-order valence-electron chi connectivity index (χ3n) is 5.34. The van der Waals surface area contributed by atoms with Crippen molar-refractivity contribution in [1.82, 2.24) is 4.90 Å². The van der Waals surface area contributed by atoms with Gasteiger partial charge in [-0.2, -0.15) is 0 Å². The van der Waals surface area contributed by atoms with Crippen molar-refractivity contribution in [2.24, 2.45) is 5.73 Å². The van der Waals surface area contributed by atoms with Gasteiger partial charge in [0.15, 0.2) is 0 Å². The van der Waals surface area contributed by atoms with E-state index in [1.54, 1.807) is 14.2 Å². The summed E-state index contributed by atoms with van der Waals surface area (Å²) < 4.78 is 16.0. The number of esters is 1. The lowest BCUT2D eigenvalue weighted by atomic mass is 9.85. The van der Waals surface area contributed by atoms with Crippen LogP contribution < -0.4 is 15.2 Å². The standard InChI is InChI=1S/C22H28N2O4/c1-24-11-10-15-14(12-18(23)22(25)28-4)8-9-16(17(15)13-24)21-19(26-2)6-5-7-20(21)27-3/h5-9,18H,10-13,23H2,1-4H3. The number of rotatable bonds is 6. The summed E-state index contributed by atoms with van der Waals surface area (Å²) in [6, 6.07) is 9.28. The maximum Gasteiger partial charge on any atom is 0.322 e. The number of nitrogens with two attached hydrogens (primary N) is 1. The highest BCUT2D eigenvalue weighted by Crippen LogP contribution is 2.42. The van der Waals surface area contributed by atoms with E-state index in [2.05, 4.69) is 24.1 Å². The zero-order valence-corrected chi connectivity index (χ0v) is 17.0. The molecule has 2 aromatic carbocycles. The second-order valence-electron chi connectivity index (χ2n) is 7.09. The molecule has 1 aliphatic heterocycles. The number of fused-ring (bicyclic) bond motifs is 1. The van der Waals surface area contributed by atoms with Crippen LogP contribution in [0.15, 0.2) is 30.3 Å². The lowest BCUT2D eigenvalue weighted by Crippen LogP contribution is -2.35. The van der Waals surface area contributed by atoms with E-state index in [1.807, 2.05) is 18.2 Å². The Labute approximate surface area is 166 Å². The van der Waals surface area contributed by atoms with Gasteiger partial charge in [-0.15, -0.1) is 0 Å². The van der Waals surface area contributed by atoms with Crippen LogP contribution in [0.25, 0.3) is 11.1 Å². The van der Waals surface area contributed by atoms with Gasteiger partial charge in [-0.05, 0) is 54.3 Å². The van der Waals surface area contributed by atoms with E-state index in [1.165, 1.54) is 18.2 Å². The fourth-order valence-electron chi connectivity index (χ4n) is 3.90. The van der Waals surface area contributed by atoms with Crippen LogP contribution in [-0.4, -0.2) is 51.8 Å². The number of ether oxygens (including phenoxy) is 3. The number of methoxy groups -OCH3 is 3. The monoisotopic (exact) mass is 384 g/mol. The minimum atomic E-state index is -0.666. The third-order valence-corrected chi connectivity index (χ3v) is 5.34. The smallest absolute Gasteiger partial charge is 0.322 e. The topological polar surface area (TPSA) is 74.0 Å². The summed E-state index contributed by atoms with van der Waals surface area (Å²) in [5.41, 5.74) is 11.6. The molecular weight excluding hydrogens is 356 g/mol. The molecule has 0 aromatic heterocycles. The van der Waals surface area contributed by atoms with E-state index >= 15 is 0 Å². The minimum absolute atomic E-state index is 0.392. The Balaban J connectivity index is 2.14. The summed E-state index contributed by atoms with van der Waals surface area (Å²) >= 11 is 0. The first-order valence-corrected chi connectivity index (χ1v) is 9.37. The molecule has 1 unspecified atom stereocenters. The van der Waals surface area contributed by atoms with E-state index < -0.39 is 12.0 Å². The molecule has 0 fully saturated rings. The van der Waals surface area contributed by atoms with Crippen LogP contribution in [0, 0.1) is 0 Å². The van der Waals surface area contributed by atoms with Gasteiger partial charge in [0.1, 0.15) is 17.5 Å². The number of hydrogen-bond donors (Lipinski definition) is 1. The van der Waals surface area contributed by atoms with E-state index in [0.717, 1.165) is 47.7 Å². The molecule has 3 rings (SSSR count). The summed E-state index contributed by atoms with van der Waals surface area (Å²) in [5.74, 6) is 1.15. The summed E-state index contributed by atoms with van der Waals surface area (Å²) in [6.07, 6.45) is 1.36. The molecular formula is C22H28N2O4. The fourth-order valence-corrected chi connectivity index (χ4v) is 3.90. The molecule has 150 valence electrons. The van der Waals surface area contributed by atoms with Crippen molar-refractivity contribution in [2.45, 2.75) is 25.4 Å². The van der Waals surface area contributed by atoms with Crippen molar-refractivity contribution in [2.75, 3.05) is 34.9 Å². The number of benzene rings is 2. The van der Waals surface area contributed by atoms with Gasteiger partial charge in [0, 0.05) is 13.1 Å². The molecule has 28 heavy (non-hydrogen) atoms. The van der Waals surface area contributed by atoms with Gasteiger partial charge in [0.25, 0.3) is 0 Å². The quantitative estimate of drug-likeness (QED) is 0.771. The van der Waals surface area contributed by atoms with Gasteiger partial charge in [-0.3, -0.25) is 4.79 Å². The van der Waals surface area contributed by atoms with Gasteiger partial charge in [0.05, 0.1) is 26.9 Å². The SMILES string of the molecule is COC(=O)C(N)Cc1ccc(-c2c(OC)cccc2OC)c2c1CCN(C)C2. The predicted molar refractivity (Wildman–Crippen MR) is 109 cm³/mol. The van der Waals surface area contributed by atoms with E-state index in [9.17, 15) is 4.79 Å². The minimum Gasteiger partial charge on any atom is -0.496 e. The molecule has 2 N–H and O–H groups in total. The summed E-state index contributed by atoms with van der Waals surface area (Å²) in [6.45, 7) is 1.77. The van der Waals surface area contributed by atoms with Crippen molar-refractivity contribution >= 4 is 5.97 Å². The van der Waals surface area contributed by atoms with Gasteiger partial charge in [0.2, 0.25) is 0 Å². The number of likely N-dealkylation sites (N-methyl/N-ethyl adjacent to an activating group) is 1. The first kappa shape index (κ1) is 20.2. The maximum absolute atomic E-state index is 11.8. The van der Waals surface area contributed by atoms with Crippen LogP contribution in [0.1, 0.15) is 16.7 Å². The normalized spacial score (nSPS) is 14.9. The molecule has 0 aliphatic carbocycles. The molecule has 1 aliphatic rings. The lowest BCUT2D eigenvalue weighted by Gasteiger charge is -2.30. The van der Waals surface area contributed by atoms with Crippen LogP contribution in [0.2, 0.25) is 0 Å². The van der Waals surface area contributed by atoms with Crippen LogP contribution >= 0.6 is 0 Å². The van der Waals surface area contributed by atoms with Crippen molar-refractivity contribution in [3.05, 3.63) is 47.0 Å². The summed E-state index contributed by atoms with van der Waals surface area (Å²) in [4.78, 5) is 14.1. The zero-order chi connectivity index (χ0) is 20.3. The Hall–Kier alpha value is -2.57. The third kappa shape index (κ3) is 3.84. The van der Waals surface area contributed by atoms with E-state index in [4.69, 9.17) is 19.9 Å². The highest BCUT2D eigenvalue weighted by atomic mass is 16.5. The molecule has 0 bridgehead atoms. The molecule has 1 atom stereocenters. The lowest BCUT2D eigenvalue weighted by molar-refractivity contribution is -0.142. The second kappa shape index (κ2) is 8.63. The molecule has 6 heteroatoms. The molecule has 0 radical (unpaired) electrons. The highest BCUT2D eigenvalue weighted by Gasteiger charge is 2.25. The molecule has 0 saturated heterocycles. The van der Waals surface area contributed by atoms with Gasteiger partial charge >= 0.3 is 5.97 Å². The van der Waals surface area contributed by atoms with Crippen molar-refractivity contribution < 1.29 is 19.0 Å². The van der Waals surface area contributed by atoms with Gasteiger partial charge in [-0.1, -0.05) is 18.2 Å². The number of carbonyl (C=O) groups is 1. The van der Waals surface area contributed by atoms with Crippen LogP contribution in [0.5, 0.6) is 11.5 Å². The fraction of sp³-hybridized carbons (Fsp3) is 0.409. The Bertz CT molecular complexity index is 844. The molecule has 0 saturated carbocycles. The van der Waals surface area contributed by atoms with Crippen LogP contribution in [0.3, 0.4) is 0 Å². The van der Waals surface area contributed by atoms with Gasteiger partial charge < -0.3 is 24.8 Å².